The lowest BCUT2D eigenvalue weighted by Gasteiger charge is -2.30. The summed E-state index contributed by atoms with van der Waals surface area (Å²) < 4.78 is 45.8. The minimum Gasteiger partial charge on any atom is -0.451 e. The Morgan fingerprint density at radius 3 is 2.67 bits per heavy atom. The summed E-state index contributed by atoms with van der Waals surface area (Å²) in [5.74, 6) is -0.998. The van der Waals surface area contributed by atoms with Crippen LogP contribution >= 0.6 is 11.3 Å². The van der Waals surface area contributed by atoms with Crippen LogP contribution in [0.15, 0.2) is 4.79 Å². The second kappa shape index (κ2) is 9.08. The van der Waals surface area contributed by atoms with E-state index in [1.54, 1.807) is 18.4 Å². The van der Waals surface area contributed by atoms with Crippen LogP contribution in [0, 0.1) is 12.8 Å². The average molecular weight is 486 g/mol. The Morgan fingerprint density at radius 2 is 2.00 bits per heavy atom. The molecule has 0 radical (unpaired) electrons. The molecule has 0 saturated heterocycles. The number of halogens is 3. The van der Waals surface area contributed by atoms with Crippen LogP contribution < -0.4 is 5.56 Å². The number of amides is 1. The Hall–Kier alpha value is -2.43. The molecule has 0 N–H and O–H groups in total. The van der Waals surface area contributed by atoms with Crippen molar-refractivity contribution in [3.63, 3.8) is 0 Å². The fourth-order valence-corrected chi connectivity index (χ4v) is 5.45. The van der Waals surface area contributed by atoms with Gasteiger partial charge < -0.3 is 9.64 Å². The first kappa shape index (κ1) is 23.7. The number of esters is 1. The molecule has 1 saturated carbocycles. The average Bonchev–Trinajstić information content (AvgIpc) is 3.56. The van der Waals surface area contributed by atoms with Gasteiger partial charge >= 0.3 is 12.1 Å². The number of ether oxygens (including phenoxy) is 1. The molecule has 1 unspecified atom stereocenters. The molecular weight excluding hydrogens is 459 g/mol. The maximum absolute atomic E-state index is 13.0. The van der Waals surface area contributed by atoms with Crippen LogP contribution in [0.1, 0.15) is 60.1 Å². The number of carbonyl (C=O) groups is 2. The highest BCUT2D eigenvalue weighted by Crippen LogP contribution is 2.36. The molecule has 2 aromatic heterocycles. The highest BCUT2D eigenvalue weighted by molar-refractivity contribution is 7.20. The van der Waals surface area contributed by atoms with E-state index in [1.165, 1.54) is 0 Å². The number of fused-ring (bicyclic) bond motifs is 2. The number of aryl methyl sites for hydroxylation is 2. The first-order valence-electron chi connectivity index (χ1n) is 11.1. The molecule has 1 amide bonds. The summed E-state index contributed by atoms with van der Waals surface area (Å²) in [6.07, 6.45) is 0.528. The van der Waals surface area contributed by atoms with Gasteiger partial charge in [-0.25, -0.2) is 9.78 Å². The van der Waals surface area contributed by atoms with Gasteiger partial charge in [0.1, 0.15) is 22.1 Å². The Balaban J connectivity index is 1.52. The summed E-state index contributed by atoms with van der Waals surface area (Å²) in [6.45, 7) is 1.62. The predicted molar refractivity (Wildman–Crippen MR) is 116 cm³/mol. The van der Waals surface area contributed by atoms with Crippen molar-refractivity contribution in [3.05, 3.63) is 26.6 Å². The molecule has 1 aliphatic heterocycles. The highest BCUT2D eigenvalue weighted by atomic mass is 32.1. The molecule has 7 nitrogen and oxygen atoms in total. The smallest absolute Gasteiger partial charge is 0.406 e. The normalized spacial score (nSPS) is 17.4. The zero-order valence-electron chi connectivity index (χ0n) is 18.5. The first-order valence-corrected chi connectivity index (χ1v) is 11.9. The van der Waals surface area contributed by atoms with Crippen molar-refractivity contribution in [2.75, 3.05) is 13.2 Å². The standard InChI is InChI=1S/C22H26F3N3O4S/c1-12-17-19(26-15-6-4-3-5-9-27(15)20(17)30)33-18(12)21(31)32-10-16(29)28(11-22(23,24)25)13(2)14-7-8-14/h13-14H,3-11H2,1-2H3. The van der Waals surface area contributed by atoms with Crippen molar-refractivity contribution in [1.29, 1.82) is 0 Å². The maximum atomic E-state index is 13.0. The molecule has 3 heterocycles. The van der Waals surface area contributed by atoms with Crippen LogP contribution in [-0.2, 0) is 22.5 Å². The summed E-state index contributed by atoms with van der Waals surface area (Å²) in [6, 6.07) is -0.580. The number of aromatic nitrogens is 2. The van der Waals surface area contributed by atoms with Crippen LogP contribution in [-0.4, -0.2) is 51.7 Å². The Kier molecular flexibility index (Phi) is 6.52. The molecule has 1 atom stereocenters. The molecule has 11 heteroatoms. The number of hydrogen-bond donors (Lipinski definition) is 0. The van der Waals surface area contributed by atoms with Gasteiger partial charge in [0.15, 0.2) is 6.61 Å². The van der Waals surface area contributed by atoms with E-state index in [0.29, 0.717) is 34.6 Å². The van der Waals surface area contributed by atoms with E-state index >= 15 is 0 Å². The van der Waals surface area contributed by atoms with Gasteiger partial charge in [-0.05, 0) is 51.0 Å². The zero-order valence-corrected chi connectivity index (χ0v) is 19.4. The molecule has 1 fully saturated rings. The van der Waals surface area contributed by atoms with Crippen LogP contribution in [0.4, 0.5) is 13.2 Å². The maximum Gasteiger partial charge on any atom is 0.406 e. The monoisotopic (exact) mass is 485 g/mol. The van der Waals surface area contributed by atoms with Crippen LogP contribution in [0.3, 0.4) is 0 Å². The van der Waals surface area contributed by atoms with Crippen molar-refractivity contribution in [2.24, 2.45) is 5.92 Å². The molecule has 4 rings (SSSR count). The number of thiophene rings is 1. The third kappa shape index (κ3) is 5.07. The van der Waals surface area contributed by atoms with Gasteiger partial charge in [0.25, 0.3) is 11.5 Å². The summed E-state index contributed by atoms with van der Waals surface area (Å²) in [5.41, 5.74) is 0.221. The molecule has 0 bridgehead atoms. The van der Waals surface area contributed by atoms with Gasteiger partial charge in [0.2, 0.25) is 0 Å². The predicted octanol–water partition coefficient (Wildman–Crippen LogP) is 3.84. The van der Waals surface area contributed by atoms with Crippen LogP contribution in [0.2, 0.25) is 0 Å². The van der Waals surface area contributed by atoms with Gasteiger partial charge in [0, 0.05) is 19.0 Å². The van der Waals surface area contributed by atoms with Crippen molar-refractivity contribution < 1.29 is 27.5 Å². The largest absolute Gasteiger partial charge is 0.451 e. The van der Waals surface area contributed by atoms with E-state index in [9.17, 15) is 27.6 Å². The summed E-state index contributed by atoms with van der Waals surface area (Å²) in [7, 11) is 0. The second-order valence-corrected chi connectivity index (χ2v) is 9.82. The van der Waals surface area contributed by atoms with Crippen molar-refractivity contribution in [3.8, 4) is 0 Å². The molecule has 0 aromatic carbocycles. The lowest BCUT2D eigenvalue weighted by atomic mass is 10.2. The van der Waals surface area contributed by atoms with E-state index in [0.717, 1.165) is 48.3 Å². The van der Waals surface area contributed by atoms with Gasteiger partial charge in [-0.3, -0.25) is 14.2 Å². The Morgan fingerprint density at radius 1 is 1.27 bits per heavy atom. The molecular formula is C22H26F3N3O4S. The molecule has 2 aromatic rings. The molecule has 2 aliphatic rings. The SMILES string of the molecule is Cc1c(C(=O)OCC(=O)N(CC(F)(F)F)C(C)C2CC2)sc2nc3n(c(=O)c12)CCCCC3. The van der Waals surface area contributed by atoms with E-state index in [4.69, 9.17) is 4.74 Å². The lowest BCUT2D eigenvalue weighted by Crippen LogP contribution is -2.47. The van der Waals surface area contributed by atoms with E-state index < -0.39 is 37.2 Å². The van der Waals surface area contributed by atoms with E-state index in [2.05, 4.69) is 4.98 Å². The number of alkyl halides is 3. The first-order chi connectivity index (χ1) is 15.6. The molecule has 33 heavy (non-hydrogen) atoms. The van der Waals surface area contributed by atoms with Crippen molar-refractivity contribution >= 4 is 33.4 Å². The highest BCUT2D eigenvalue weighted by Gasteiger charge is 2.40. The number of rotatable bonds is 6. The number of nitrogens with zero attached hydrogens (tertiary/aromatic N) is 3. The number of carbonyl (C=O) groups excluding carboxylic acids is 2. The quantitative estimate of drug-likeness (QED) is 0.581. The Labute approximate surface area is 192 Å². The molecule has 1 aliphatic carbocycles. The fraction of sp³-hybridized carbons (Fsp3) is 0.636. The zero-order chi connectivity index (χ0) is 23.9. The summed E-state index contributed by atoms with van der Waals surface area (Å²) >= 11 is 1.01. The van der Waals surface area contributed by atoms with Crippen molar-refractivity contribution in [1.82, 2.24) is 14.5 Å². The van der Waals surface area contributed by atoms with Gasteiger partial charge in [0.05, 0.1) is 5.39 Å². The minimum absolute atomic E-state index is 0.0334. The molecule has 0 spiro atoms. The van der Waals surface area contributed by atoms with E-state index in [1.807, 2.05) is 0 Å². The van der Waals surface area contributed by atoms with Gasteiger partial charge in [-0.1, -0.05) is 6.42 Å². The third-order valence-electron chi connectivity index (χ3n) is 6.39. The lowest BCUT2D eigenvalue weighted by molar-refractivity contribution is -0.167. The third-order valence-corrected chi connectivity index (χ3v) is 7.56. The van der Waals surface area contributed by atoms with Crippen LogP contribution in [0.25, 0.3) is 10.2 Å². The van der Waals surface area contributed by atoms with Gasteiger partial charge in [-0.2, -0.15) is 13.2 Å². The number of hydrogen-bond acceptors (Lipinski definition) is 6. The minimum atomic E-state index is -4.54. The topological polar surface area (TPSA) is 81.5 Å². The van der Waals surface area contributed by atoms with Gasteiger partial charge in [-0.15, -0.1) is 11.3 Å². The Bertz CT molecular complexity index is 1140. The van der Waals surface area contributed by atoms with Crippen molar-refractivity contribution in [2.45, 2.75) is 71.1 Å². The van der Waals surface area contributed by atoms with E-state index in [-0.39, 0.29) is 16.4 Å². The fourth-order valence-electron chi connectivity index (χ4n) is 4.37. The molecule has 180 valence electrons. The summed E-state index contributed by atoms with van der Waals surface area (Å²) in [5, 5.41) is 0.352. The van der Waals surface area contributed by atoms with Crippen LogP contribution in [0.5, 0.6) is 0 Å². The summed E-state index contributed by atoms with van der Waals surface area (Å²) in [4.78, 5) is 44.2. The second-order valence-electron chi connectivity index (χ2n) is 8.82.